The van der Waals surface area contributed by atoms with Crippen molar-refractivity contribution in [2.75, 3.05) is 0 Å². The van der Waals surface area contributed by atoms with Crippen molar-refractivity contribution in [1.29, 1.82) is 0 Å². The molecule has 0 aliphatic carbocycles. The van der Waals surface area contributed by atoms with Crippen LogP contribution in [0, 0.1) is 0 Å². The number of hydrogen-bond acceptors (Lipinski definition) is 1. The third-order valence-corrected chi connectivity index (χ3v) is 3.59. The number of aromatic nitrogens is 2. The largest absolute Gasteiger partial charge is 0.290 e. The molecule has 0 spiro atoms. The van der Waals surface area contributed by atoms with E-state index in [9.17, 15) is 4.79 Å². The Bertz CT molecular complexity index is 731. The van der Waals surface area contributed by atoms with Gasteiger partial charge in [0.15, 0.2) is 6.54 Å². The van der Waals surface area contributed by atoms with Crippen molar-refractivity contribution in [2.24, 2.45) is 0 Å². The summed E-state index contributed by atoms with van der Waals surface area (Å²) in [6.45, 7) is 0.333. The Hall–Kier alpha value is -1.94. The summed E-state index contributed by atoms with van der Waals surface area (Å²) in [5, 5.41) is 1.10. The Morgan fingerprint density at radius 2 is 1.95 bits per heavy atom. The Kier molecular flexibility index (Phi) is 3.17. The molecule has 0 saturated carbocycles. The second-order valence-electron chi connectivity index (χ2n) is 4.35. The van der Waals surface area contributed by atoms with Crippen molar-refractivity contribution < 1.29 is 9.36 Å². The summed E-state index contributed by atoms with van der Waals surface area (Å²) in [6, 6.07) is 13.4. The van der Waals surface area contributed by atoms with Gasteiger partial charge in [0, 0.05) is 10.0 Å². The Labute approximate surface area is 119 Å². The number of ketones is 1. The summed E-state index contributed by atoms with van der Waals surface area (Å²) >= 11 is 3.37. The van der Waals surface area contributed by atoms with Gasteiger partial charge in [-0.05, 0) is 30.3 Å². The average Bonchev–Trinajstić information content (AvgIpc) is 2.89. The van der Waals surface area contributed by atoms with Crippen LogP contribution in [0.5, 0.6) is 0 Å². The lowest BCUT2D eigenvalue weighted by molar-refractivity contribution is -0.658. The highest BCUT2D eigenvalue weighted by atomic mass is 79.9. The molecule has 19 heavy (non-hydrogen) atoms. The van der Waals surface area contributed by atoms with Gasteiger partial charge in [-0.2, -0.15) is 0 Å². The number of halogens is 1. The van der Waals surface area contributed by atoms with Crippen LogP contribution in [0.1, 0.15) is 10.4 Å². The van der Waals surface area contributed by atoms with Crippen LogP contribution in [-0.2, 0) is 6.54 Å². The monoisotopic (exact) mass is 315 g/mol. The Morgan fingerprint density at radius 3 is 2.74 bits per heavy atom. The predicted molar refractivity (Wildman–Crippen MR) is 77.0 cm³/mol. The maximum Gasteiger partial charge on any atom is 0.286 e. The van der Waals surface area contributed by atoms with Crippen LogP contribution in [0.15, 0.2) is 59.3 Å². The van der Waals surface area contributed by atoms with Gasteiger partial charge in [-0.1, -0.05) is 28.1 Å². The third-order valence-electron chi connectivity index (χ3n) is 3.07. The van der Waals surface area contributed by atoms with Gasteiger partial charge in [0.25, 0.3) is 5.65 Å². The zero-order valence-corrected chi connectivity index (χ0v) is 11.7. The van der Waals surface area contributed by atoms with Gasteiger partial charge >= 0.3 is 0 Å². The minimum atomic E-state index is 0.0969. The van der Waals surface area contributed by atoms with Crippen LogP contribution in [0.25, 0.3) is 11.0 Å². The minimum Gasteiger partial charge on any atom is -0.290 e. The minimum absolute atomic E-state index is 0.0969. The molecule has 0 amide bonds. The van der Waals surface area contributed by atoms with Gasteiger partial charge in [-0.3, -0.25) is 4.79 Å². The molecule has 94 valence electrons. The molecule has 0 aliphatic rings. The van der Waals surface area contributed by atoms with Gasteiger partial charge in [0.2, 0.25) is 5.78 Å². The molecule has 0 atom stereocenters. The predicted octanol–water partition coefficient (Wildman–Crippen LogP) is 3.10. The molecule has 2 aromatic heterocycles. The molecule has 0 saturated heterocycles. The highest BCUT2D eigenvalue weighted by molar-refractivity contribution is 9.10. The number of nitrogens with one attached hydrogen (secondary N) is 1. The van der Waals surface area contributed by atoms with E-state index in [4.69, 9.17) is 0 Å². The molecule has 1 N–H and O–H groups in total. The summed E-state index contributed by atoms with van der Waals surface area (Å²) in [5.74, 6) is 0.0969. The molecule has 0 unspecified atom stereocenters. The lowest BCUT2D eigenvalue weighted by atomic mass is 10.1. The highest BCUT2D eigenvalue weighted by Gasteiger charge is 2.13. The Balaban J connectivity index is 1.90. The lowest BCUT2D eigenvalue weighted by Crippen LogP contribution is -2.38. The van der Waals surface area contributed by atoms with Crippen LogP contribution in [-0.4, -0.2) is 10.8 Å². The van der Waals surface area contributed by atoms with Crippen LogP contribution in [0.4, 0.5) is 0 Å². The number of H-pyrrole nitrogens is 1. The second-order valence-corrected chi connectivity index (χ2v) is 5.26. The topological polar surface area (TPSA) is 36.7 Å². The molecule has 0 radical (unpaired) electrons. The number of hydrogen-bond donors (Lipinski definition) is 1. The standard InChI is InChI=1S/C15H11BrN2O/c16-13-5-3-11(4-6-13)14(19)10-18-9-1-2-12-7-8-17-15(12)18/h1-9H,10H2/p+1. The van der Waals surface area contributed by atoms with Crippen molar-refractivity contribution >= 4 is 32.7 Å². The van der Waals surface area contributed by atoms with E-state index in [1.807, 2.05) is 59.4 Å². The van der Waals surface area contributed by atoms with Crippen molar-refractivity contribution in [3.63, 3.8) is 0 Å². The van der Waals surface area contributed by atoms with E-state index in [1.54, 1.807) is 0 Å². The number of fused-ring (bicyclic) bond motifs is 1. The molecule has 3 aromatic rings. The fourth-order valence-corrected chi connectivity index (χ4v) is 2.36. The molecule has 0 fully saturated rings. The lowest BCUT2D eigenvalue weighted by Gasteiger charge is -2.02. The molecular weight excluding hydrogens is 304 g/mol. The van der Waals surface area contributed by atoms with Gasteiger partial charge in [-0.25, -0.2) is 9.55 Å². The fraction of sp³-hybridized carbons (Fsp3) is 0.0667. The van der Waals surface area contributed by atoms with Gasteiger partial charge in [-0.15, -0.1) is 0 Å². The van der Waals surface area contributed by atoms with Gasteiger partial charge in [0.1, 0.15) is 0 Å². The number of rotatable bonds is 3. The number of carbonyl (C=O) groups is 1. The van der Waals surface area contributed by atoms with E-state index in [1.165, 1.54) is 0 Å². The fourth-order valence-electron chi connectivity index (χ4n) is 2.09. The van der Waals surface area contributed by atoms with Crippen LogP contribution < -0.4 is 4.57 Å². The first kappa shape index (κ1) is 12.1. The molecule has 2 heterocycles. The van der Waals surface area contributed by atoms with Crippen molar-refractivity contribution in [3.8, 4) is 0 Å². The summed E-state index contributed by atoms with van der Waals surface area (Å²) in [5.41, 5.74) is 1.69. The maximum atomic E-state index is 12.2. The molecule has 3 rings (SSSR count). The zero-order chi connectivity index (χ0) is 13.2. The van der Waals surface area contributed by atoms with Crippen molar-refractivity contribution in [2.45, 2.75) is 6.54 Å². The van der Waals surface area contributed by atoms with E-state index in [-0.39, 0.29) is 5.78 Å². The molecule has 0 bridgehead atoms. The molecule has 4 heteroatoms. The molecule has 0 aliphatic heterocycles. The van der Waals surface area contributed by atoms with E-state index in [0.29, 0.717) is 6.54 Å². The first-order valence-electron chi connectivity index (χ1n) is 5.98. The maximum absolute atomic E-state index is 12.2. The molecule has 3 nitrogen and oxygen atoms in total. The number of carbonyl (C=O) groups excluding carboxylic acids is 1. The summed E-state index contributed by atoms with van der Waals surface area (Å²) < 4.78 is 2.91. The number of Topliss-reactive ketones (excluding diaryl/α,β-unsaturated/α-hetero) is 1. The SMILES string of the molecule is O=C(C[n+]1cccc2cc[nH]c21)c1ccc(Br)cc1. The van der Waals surface area contributed by atoms with Crippen LogP contribution in [0.2, 0.25) is 0 Å². The van der Waals surface area contributed by atoms with E-state index in [2.05, 4.69) is 20.9 Å². The number of benzene rings is 1. The quantitative estimate of drug-likeness (QED) is 0.585. The zero-order valence-electron chi connectivity index (χ0n) is 10.1. The third kappa shape index (κ3) is 2.44. The van der Waals surface area contributed by atoms with Crippen molar-refractivity contribution in [1.82, 2.24) is 4.98 Å². The smallest absolute Gasteiger partial charge is 0.286 e. The van der Waals surface area contributed by atoms with Gasteiger partial charge < -0.3 is 0 Å². The normalized spacial score (nSPS) is 10.8. The van der Waals surface area contributed by atoms with Crippen molar-refractivity contribution in [3.05, 3.63) is 64.9 Å². The molecule has 1 aromatic carbocycles. The van der Waals surface area contributed by atoms with E-state index >= 15 is 0 Å². The second kappa shape index (κ2) is 4.97. The average molecular weight is 316 g/mol. The first-order chi connectivity index (χ1) is 9.24. The number of nitrogens with zero attached hydrogens (tertiary/aromatic N) is 1. The summed E-state index contributed by atoms with van der Waals surface area (Å²) in [4.78, 5) is 15.4. The van der Waals surface area contributed by atoms with E-state index in [0.717, 1.165) is 21.1 Å². The van der Waals surface area contributed by atoms with E-state index < -0.39 is 0 Å². The molecular formula is C15H12BrN2O+. The highest BCUT2D eigenvalue weighted by Crippen LogP contribution is 2.11. The summed E-state index contributed by atoms with van der Waals surface area (Å²) in [6.07, 6.45) is 3.79. The van der Waals surface area contributed by atoms with Gasteiger partial charge in [0.05, 0.1) is 17.8 Å². The van der Waals surface area contributed by atoms with Crippen LogP contribution in [0.3, 0.4) is 0 Å². The summed E-state index contributed by atoms with van der Waals surface area (Å²) in [7, 11) is 0. The first-order valence-corrected chi connectivity index (χ1v) is 6.78. The number of pyridine rings is 1. The Morgan fingerprint density at radius 1 is 1.16 bits per heavy atom. The van der Waals surface area contributed by atoms with Crippen LogP contribution >= 0.6 is 15.9 Å². The number of aromatic amines is 1.